The van der Waals surface area contributed by atoms with Gasteiger partial charge < -0.3 is 10.1 Å². The van der Waals surface area contributed by atoms with E-state index in [0.29, 0.717) is 26.2 Å². The van der Waals surface area contributed by atoms with E-state index in [1.165, 1.54) is 12.1 Å². The van der Waals surface area contributed by atoms with E-state index in [1.807, 2.05) is 0 Å². The van der Waals surface area contributed by atoms with Crippen molar-refractivity contribution in [1.29, 1.82) is 0 Å². The molecular formula is C13H17N3O4S. The number of hydrogen-bond donors (Lipinski definition) is 2. The summed E-state index contributed by atoms with van der Waals surface area (Å²) in [6, 6.07) is 4.47. The fourth-order valence-electron chi connectivity index (χ4n) is 2.67. The Labute approximate surface area is 123 Å². The lowest BCUT2D eigenvalue weighted by Gasteiger charge is -2.20. The number of hydrogen-bond acceptors (Lipinski definition) is 4. The molecule has 3 rings (SSSR count). The summed E-state index contributed by atoms with van der Waals surface area (Å²) in [6.07, 6.45) is 1.43. The quantitative estimate of drug-likeness (QED) is 0.814. The Balaban J connectivity index is 1.78. The number of ether oxygens (including phenoxy) is 1. The highest BCUT2D eigenvalue weighted by Crippen LogP contribution is 2.30. The van der Waals surface area contributed by atoms with Crippen LogP contribution in [0.15, 0.2) is 23.1 Å². The Morgan fingerprint density at radius 3 is 2.90 bits per heavy atom. The van der Waals surface area contributed by atoms with Gasteiger partial charge in [-0.05, 0) is 36.6 Å². The zero-order valence-corrected chi connectivity index (χ0v) is 12.2. The molecule has 1 fully saturated rings. The highest BCUT2D eigenvalue weighted by Gasteiger charge is 2.28. The lowest BCUT2D eigenvalue weighted by molar-refractivity contribution is 0.189. The molecule has 2 aliphatic rings. The second-order valence-electron chi connectivity index (χ2n) is 5.25. The van der Waals surface area contributed by atoms with Crippen molar-refractivity contribution in [2.45, 2.75) is 23.8 Å². The SMILES string of the molecule is NS(=O)(=O)c1ccc2c(c1)CCN2C(=O)NC1CCOC1. The molecule has 0 aliphatic carbocycles. The topological polar surface area (TPSA) is 102 Å². The summed E-state index contributed by atoms with van der Waals surface area (Å²) in [7, 11) is -3.72. The van der Waals surface area contributed by atoms with Gasteiger partial charge in [0.25, 0.3) is 0 Å². The van der Waals surface area contributed by atoms with E-state index in [2.05, 4.69) is 5.32 Å². The Hall–Kier alpha value is -1.64. The summed E-state index contributed by atoms with van der Waals surface area (Å²) in [5, 5.41) is 8.05. The molecule has 0 saturated carbocycles. The number of primary sulfonamides is 1. The molecule has 0 aromatic heterocycles. The van der Waals surface area contributed by atoms with Gasteiger partial charge >= 0.3 is 6.03 Å². The number of nitrogens with zero attached hydrogens (tertiary/aromatic N) is 1. The minimum atomic E-state index is -3.72. The molecule has 1 atom stereocenters. The lowest BCUT2D eigenvalue weighted by Crippen LogP contribution is -2.44. The highest BCUT2D eigenvalue weighted by molar-refractivity contribution is 7.89. The third-order valence-corrected chi connectivity index (χ3v) is 4.69. The zero-order valence-electron chi connectivity index (χ0n) is 11.4. The van der Waals surface area contributed by atoms with E-state index in [1.54, 1.807) is 11.0 Å². The highest BCUT2D eigenvalue weighted by atomic mass is 32.2. The van der Waals surface area contributed by atoms with Crippen LogP contribution in [-0.2, 0) is 21.2 Å². The fourth-order valence-corrected chi connectivity index (χ4v) is 3.23. The maximum atomic E-state index is 12.3. The number of carbonyl (C=O) groups is 1. The second-order valence-corrected chi connectivity index (χ2v) is 6.81. The first-order valence-electron chi connectivity index (χ1n) is 6.76. The molecule has 1 saturated heterocycles. The van der Waals surface area contributed by atoms with Crippen molar-refractivity contribution in [2.24, 2.45) is 5.14 Å². The van der Waals surface area contributed by atoms with E-state index in [-0.39, 0.29) is 17.0 Å². The number of amides is 2. The normalized spacial score (nSPS) is 21.4. The van der Waals surface area contributed by atoms with Crippen LogP contribution in [0.4, 0.5) is 10.5 Å². The minimum absolute atomic E-state index is 0.0465. The molecule has 1 aromatic rings. The largest absolute Gasteiger partial charge is 0.379 e. The molecule has 114 valence electrons. The molecule has 2 amide bonds. The molecule has 0 spiro atoms. The van der Waals surface area contributed by atoms with Gasteiger partial charge in [-0.2, -0.15) is 0 Å². The Morgan fingerprint density at radius 2 is 2.24 bits per heavy atom. The third-order valence-electron chi connectivity index (χ3n) is 3.78. The van der Waals surface area contributed by atoms with Crippen LogP contribution < -0.4 is 15.4 Å². The van der Waals surface area contributed by atoms with Crippen molar-refractivity contribution in [3.05, 3.63) is 23.8 Å². The first-order chi connectivity index (χ1) is 9.95. The van der Waals surface area contributed by atoms with Crippen molar-refractivity contribution in [2.75, 3.05) is 24.7 Å². The smallest absolute Gasteiger partial charge is 0.322 e. The molecule has 8 heteroatoms. The van der Waals surface area contributed by atoms with Crippen LogP contribution in [0.5, 0.6) is 0 Å². The van der Waals surface area contributed by atoms with Gasteiger partial charge in [0.1, 0.15) is 0 Å². The van der Waals surface area contributed by atoms with Crippen LogP contribution in [0.25, 0.3) is 0 Å². The number of urea groups is 1. The zero-order chi connectivity index (χ0) is 15.0. The summed E-state index contributed by atoms with van der Waals surface area (Å²) < 4.78 is 27.9. The molecule has 21 heavy (non-hydrogen) atoms. The van der Waals surface area contributed by atoms with Crippen molar-refractivity contribution in [3.8, 4) is 0 Å². The van der Waals surface area contributed by atoms with Gasteiger partial charge in [-0.25, -0.2) is 18.4 Å². The first kappa shape index (κ1) is 14.3. The lowest BCUT2D eigenvalue weighted by atomic mass is 10.2. The average Bonchev–Trinajstić information content (AvgIpc) is 3.05. The van der Waals surface area contributed by atoms with Crippen molar-refractivity contribution in [1.82, 2.24) is 5.32 Å². The standard InChI is InChI=1S/C13H17N3O4S/c14-21(18,19)11-1-2-12-9(7-11)3-5-16(12)13(17)15-10-4-6-20-8-10/h1-2,7,10H,3-6,8H2,(H,15,17)(H2,14,18,19). The summed E-state index contributed by atoms with van der Waals surface area (Å²) in [5.74, 6) is 0. The Bertz CT molecular complexity index is 668. The number of fused-ring (bicyclic) bond motifs is 1. The van der Waals surface area contributed by atoms with Gasteiger partial charge in [0.15, 0.2) is 0 Å². The molecular weight excluding hydrogens is 294 g/mol. The van der Waals surface area contributed by atoms with E-state index in [4.69, 9.17) is 9.88 Å². The molecule has 0 bridgehead atoms. The fraction of sp³-hybridized carbons (Fsp3) is 0.462. The van der Waals surface area contributed by atoms with Crippen LogP contribution in [0.2, 0.25) is 0 Å². The predicted molar refractivity (Wildman–Crippen MR) is 76.6 cm³/mol. The van der Waals surface area contributed by atoms with Crippen LogP contribution in [0.3, 0.4) is 0 Å². The van der Waals surface area contributed by atoms with Crippen LogP contribution in [0, 0.1) is 0 Å². The average molecular weight is 311 g/mol. The molecule has 2 heterocycles. The second kappa shape index (κ2) is 5.28. The van der Waals surface area contributed by atoms with Gasteiger partial charge in [-0.1, -0.05) is 0 Å². The van der Waals surface area contributed by atoms with Crippen molar-refractivity contribution < 1.29 is 17.9 Å². The minimum Gasteiger partial charge on any atom is -0.379 e. The van der Waals surface area contributed by atoms with Gasteiger partial charge in [0.2, 0.25) is 10.0 Å². The van der Waals surface area contributed by atoms with Crippen molar-refractivity contribution in [3.63, 3.8) is 0 Å². The number of carbonyl (C=O) groups excluding carboxylic acids is 1. The number of benzene rings is 1. The van der Waals surface area contributed by atoms with E-state index >= 15 is 0 Å². The number of nitrogens with one attached hydrogen (secondary N) is 1. The van der Waals surface area contributed by atoms with E-state index in [9.17, 15) is 13.2 Å². The summed E-state index contributed by atoms with van der Waals surface area (Å²) in [5.41, 5.74) is 1.55. The Kier molecular flexibility index (Phi) is 3.60. The first-order valence-corrected chi connectivity index (χ1v) is 8.31. The summed E-state index contributed by atoms with van der Waals surface area (Å²) in [4.78, 5) is 14.0. The number of nitrogens with two attached hydrogens (primary N) is 1. The van der Waals surface area contributed by atoms with Gasteiger partial charge in [-0.15, -0.1) is 0 Å². The maximum absolute atomic E-state index is 12.3. The molecule has 0 radical (unpaired) electrons. The van der Waals surface area contributed by atoms with Crippen LogP contribution in [-0.4, -0.2) is 40.2 Å². The number of rotatable bonds is 2. The molecule has 3 N–H and O–H groups in total. The number of anilines is 1. The van der Waals surface area contributed by atoms with E-state index in [0.717, 1.165) is 17.7 Å². The van der Waals surface area contributed by atoms with Gasteiger partial charge in [0, 0.05) is 18.8 Å². The Morgan fingerprint density at radius 1 is 1.43 bits per heavy atom. The van der Waals surface area contributed by atoms with Crippen molar-refractivity contribution >= 4 is 21.7 Å². The molecule has 7 nitrogen and oxygen atoms in total. The summed E-state index contributed by atoms with van der Waals surface area (Å²) >= 11 is 0. The van der Waals surface area contributed by atoms with Gasteiger partial charge in [-0.3, -0.25) is 4.90 Å². The maximum Gasteiger partial charge on any atom is 0.322 e. The van der Waals surface area contributed by atoms with E-state index < -0.39 is 10.0 Å². The monoisotopic (exact) mass is 311 g/mol. The van der Waals surface area contributed by atoms with Gasteiger partial charge in [0.05, 0.1) is 17.5 Å². The predicted octanol–water partition coefficient (Wildman–Crippen LogP) is 0.195. The molecule has 1 unspecified atom stereocenters. The molecule has 1 aromatic carbocycles. The summed E-state index contributed by atoms with van der Waals surface area (Å²) in [6.45, 7) is 1.73. The third kappa shape index (κ3) is 2.87. The molecule has 2 aliphatic heterocycles. The number of sulfonamides is 1. The van der Waals surface area contributed by atoms with Crippen LogP contribution >= 0.6 is 0 Å². The van der Waals surface area contributed by atoms with Crippen LogP contribution in [0.1, 0.15) is 12.0 Å².